The van der Waals surface area contributed by atoms with Crippen molar-refractivity contribution in [2.45, 2.75) is 45.3 Å². The molecule has 4 heteroatoms. The van der Waals surface area contributed by atoms with Crippen LogP contribution in [0.3, 0.4) is 0 Å². The van der Waals surface area contributed by atoms with Gasteiger partial charge in [0.15, 0.2) is 0 Å². The third-order valence-electron chi connectivity index (χ3n) is 3.97. The lowest BCUT2D eigenvalue weighted by atomic mass is 9.77. The van der Waals surface area contributed by atoms with Gasteiger partial charge in [-0.1, -0.05) is 6.07 Å². The summed E-state index contributed by atoms with van der Waals surface area (Å²) in [5, 5.41) is 0. The lowest BCUT2D eigenvalue weighted by Crippen LogP contribution is -2.36. The van der Waals surface area contributed by atoms with Crippen molar-refractivity contribution in [3.8, 4) is 0 Å². The van der Waals surface area contributed by atoms with E-state index in [1.807, 2.05) is 19.9 Å². The van der Waals surface area contributed by atoms with Crippen molar-refractivity contribution in [3.05, 3.63) is 35.1 Å². The van der Waals surface area contributed by atoms with E-state index in [-0.39, 0.29) is 11.9 Å². The normalized spacial score (nSPS) is 24.0. The van der Waals surface area contributed by atoms with Crippen LogP contribution in [0.15, 0.2) is 18.2 Å². The SMILES string of the molecule is CCOC1CC(CC(NN)c2ccc(F)cc2C)C1. The first kappa shape index (κ1) is 14.4. The maximum Gasteiger partial charge on any atom is 0.123 e. The van der Waals surface area contributed by atoms with Gasteiger partial charge >= 0.3 is 0 Å². The average molecular weight is 266 g/mol. The Bertz CT molecular complexity index is 419. The Kier molecular flexibility index (Phi) is 4.91. The molecule has 0 aromatic heterocycles. The van der Waals surface area contributed by atoms with Gasteiger partial charge in [0.25, 0.3) is 0 Å². The first-order valence-electron chi connectivity index (χ1n) is 6.97. The fourth-order valence-corrected chi connectivity index (χ4v) is 2.89. The Balaban J connectivity index is 1.94. The largest absolute Gasteiger partial charge is 0.378 e. The predicted molar refractivity (Wildman–Crippen MR) is 74.0 cm³/mol. The molecule has 0 heterocycles. The van der Waals surface area contributed by atoms with Gasteiger partial charge in [-0.3, -0.25) is 11.3 Å². The maximum absolute atomic E-state index is 13.1. The van der Waals surface area contributed by atoms with E-state index in [0.717, 1.165) is 37.0 Å². The van der Waals surface area contributed by atoms with Crippen LogP contribution in [0.25, 0.3) is 0 Å². The van der Waals surface area contributed by atoms with Crippen LogP contribution in [-0.4, -0.2) is 12.7 Å². The van der Waals surface area contributed by atoms with Crippen molar-refractivity contribution in [2.24, 2.45) is 11.8 Å². The Hall–Kier alpha value is -0.970. The molecule has 19 heavy (non-hydrogen) atoms. The van der Waals surface area contributed by atoms with E-state index in [1.165, 1.54) is 6.07 Å². The molecule has 0 saturated heterocycles. The van der Waals surface area contributed by atoms with E-state index in [2.05, 4.69) is 5.43 Å². The van der Waals surface area contributed by atoms with Gasteiger partial charge in [0.1, 0.15) is 5.82 Å². The number of halogens is 1. The highest BCUT2D eigenvalue weighted by molar-refractivity contribution is 5.29. The second-order valence-corrected chi connectivity index (χ2v) is 5.37. The number of ether oxygens (including phenoxy) is 1. The second-order valence-electron chi connectivity index (χ2n) is 5.37. The fraction of sp³-hybridized carbons (Fsp3) is 0.600. The van der Waals surface area contributed by atoms with Crippen LogP contribution in [0.2, 0.25) is 0 Å². The summed E-state index contributed by atoms with van der Waals surface area (Å²) in [6.07, 6.45) is 3.60. The molecule has 1 aromatic carbocycles. The molecule has 106 valence electrons. The molecule has 1 aliphatic rings. The van der Waals surface area contributed by atoms with Crippen molar-refractivity contribution in [1.29, 1.82) is 0 Å². The highest BCUT2D eigenvalue weighted by Gasteiger charge is 2.31. The summed E-state index contributed by atoms with van der Waals surface area (Å²) in [6.45, 7) is 4.74. The predicted octanol–water partition coefficient (Wildman–Crippen LogP) is 2.84. The smallest absolute Gasteiger partial charge is 0.123 e. The van der Waals surface area contributed by atoms with E-state index in [9.17, 15) is 4.39 Å². The number of hydrogen-bond acceptors (Lipinski definition) is 3. The second kappa shape index (κ2) is 6.46. The molecule has 0 aliphatic heterocycles. The van der Waals surface area contributed by atoms with Crippen LogP contribution >= 0.6 is 0 Å². The van der Waals surface area contributed by atoms with E-state index < -0.39 is 0 Å². The van der Waals surface area contributed by atoms with Crippen LogP contribution in [-0.2, 0) is 4.74 Å². The number of hydrogen-bond donors (Lipinski definition) is 2. The molecule has 0 bridgehead atoms. The molecule has 1 aromatic rings. The zero-order valence-corrected chi connectivity index (χ0v) is 11.7. The molecular weight excluding hydrogens is 243 g/mol. The number of nitrogens with two attached hydrogens (primary N) is 1. The van der Waals surface area contributed by atoms with Crippen molar-refractivity contribution in [2.75, 3.05) is 6.61 Å². The van der Waals surface area contributed by atoms with Crippen LogP contribution in [0, 0.1) is 18.7 Å². The van der Waals surface area contributed by atoms with Gasteiger partial charge in [-0.05, 0) is 62.3 Å². The zero-order chi connectivity index (χ0) is 13.8. The van der Waals surface area contributed by atoms with Crippen LogP contribution < -0.4 is 11.3 Å². The van der Waals surface area contributed by atoms with Crippen molar-refractivity contribution in [3.63, 3.8) is 0 Å². The lowest BCUT2D eigenvalue weighted by molar-refractivity contribution is -0.0291. The monoisotopic (exact) mass is 266 g/mol. The molecule has 3 nitrogen and oxygen atoms in total. The minimum atomic E-state index is -0.197. The summed E-state index contributed by atoms with van der Waals surface area (Å²) < 4.78 is 18.7. The molecular formula is C15H23FN2O. The van der Waals surface area contributed by atoms with Gasteiger partial charge in [0, 0.05) is 12.6 Å². The summed E-state index contributed by atoms with van der Waals surface area (Å²) in [5.74, 6) is 6.10. The quantitative estimate of drug-likeness (QED) is 0.615. The van der Waals surface area contributed by atoms with Gasteiger partial charge in [-0.25, -0.2) is 4.39 Å². The van der Waals surface area contributed by atoms with E-state index in [4.69, 9.17) is 10.6 Å². The van der Waals surface area contributed by atoms with Gasteiger partial charge in [0.05, 0.1) is 6.10 Å². The third kappa shape index (κ3) is 3.53. The van der Waals surface area contributed by atoms with Gasteiger partial charge in [-0.15, -0.1) is 0 Å². The first-order valence-corrected chi connectivity index (χ1v) is 6.97. The molecule has 0 radical (unpaired) electrons. The Labute approximate surface area is 114 Å². The highest BCUT2D eigenvalue weighted by Crippen LogP contribution is 2.37. The standard InChI is InChI=1S/C15H23FN2O/c1-3-19-13-7-11(8-13)9-15(18-17)14-5-4-12(16)6-10(14)2/h4-6,11,13,15,18H,3,7-9,17H2,1-2H3. The fourth-order valence-electron chi connectivity index (χ4n) is 2.89. The molecule has 2 rings (SSSR count). The third-order valence-corrected chi connectivity index (χ3v) is 3.97. The van der Waals surface area contributed by atoms with Gasteiger partial charge in [-0.2, -0.15) is 0 Å². The number of nitrogens with one attached hydrogen (secondary N) is 1. The summed E-state index contributed by atoms with van der Waals surface area (Å²) in [7, 11) is 0. The van der Waals surface area contributed by atoms with Crippen LogP contribution in [0.1, 0.15) is 43.4 Å². The maximum atomic E-state index is 13.1. The summed E-state index contributed by atoms with van der Waals surface area (Å²) >= 11 is 0. The number of rotatable bonds is 6. The van der Waals surface area contributed by atoms with Crippen molar-refractivity contribution < 1.29 is 9.13 Å². The summed E-state index contributed by atoms with van der Waals surface area (Å²) in [4.78, 5) is 0. The van der Waals surface area contributed by atoms with Crippen molar-refractivity contribution in [1.82, 2.24) is 5.43 Å². The molecule has 0 spiro atoms. The topological polar surface area (TPSA) is 47.3 Å². The van der Waals surface area contributed by atoms with Crippen LogP contribution in [0.4, 0.5) is 4.39 Å². The lowest BCUT2D eigenvalue weighted by Gasteiger charge is -2.37. The Morgan fingerprint density at radius 3 is 2.79 bits per heavy atom. The van der Waals surface area contributed by atoms with E-state index in [1.54, 1.807) is 6.07 Å². The molecule has 0 amide bonds. The summed E-state index contributed by atoms with van der Waals surface area (Å²) in [6, 6.07) is 4.97. The average Bonchev–Trinajstić information content (AvgIpc) is 2.33. The Morgan fingerprint density at radius 2 is 2.21 bits per heavy atom. The minimum absolute atomic E-state index is 0.0909. The molecule has 1 unspecified atom stereocenters. The molecule has 1 aliphatic carbocycles. The molecule has 3 N–H and O–H groups in total. The highest BCUT2D eigenvalue weighted by atomic mass is 19.1. The van der Waals surface area contributed by atoms with Crippen LogP contribution in [0.5, 0.6) is 0 Å². The van der Waals surface area contributed by atoms with Gasteiger partial charge in [0.2, 0.25) is 0 Å². The van der Waals surface area contributed by atoms with E-state index >= 15 is 0 Å². The molecule has 1 saturated carbocycles. The minimum Gasteiger partial charge on any atom is -0.378 e. The van der Waals surface area contributed by atoms with Gasteiger partial charge < -0.3 is 4.74 Å². The first-order chi connectivity index (χ1) is 9.13. The van der Waals surface area contributed by atoms with E-state index in [0.29, 0.717) is 12.0 Å². The molecule has 1 fully saturated rings. The number of aryl methyl sites for hydroxylation is 1. The molecule has 1 atom stereocenters. The number of hydrazine groups is 1. The van der Waals surface area contributed by atoms with Crippen molar-refractivity contribution >= 4 is 0 Å². The number of benzene rings is 1. The Morgan fingerprint density at radius 1 is 1.47 bits per heavy atom. The summed E-state index contributed by atoms with van der Waals surface area (Å²) in [5.41, 5.74) is 4.90. The zero-order valence-electron chi connectivity index (χ0n) is 11.7.